The second-order valence-electron chi connectivity index (χ2n) is 6.92. The lowest BCUT2D eigenvalue weighted by Gasteiger charge is -2.26. The van der Waals surface area contributed by atoms with E-state index in [-0.39, 0.29) is 17.4 Å². The number of nitrogens with zero attached hydrogens (tertiary/aromatic N) is 5. The average molecular weight is 423 g/mol. The second kappa shape index (κ2) is 8.56. The Hall–Kier alpha value is -2.36. The van der Waals surface area contributed by atoms with E-state index in [1.165, 1.54) is 18.5 Å². The fourth-order valence-corrected chi connectivity index (χ4v) is 3.51. The van der Waals surface area contributed by atoms with Crippen LogP contribution in [0.3, 0.4) is 0 Å². The average Bonchev–Trinajstić information content (AvgIpc) is 3.11. The van der Waals surface area contributed by atoms with Gasteiger partial charge in [0.05, 0.1) is 26.1 Å². The maximum atomic E-state index is 14.4. The lowest BCUT2D eigenvalue weighted by molar-refractivity contribution is 0.0398. The molecule has 0 saturated carbocycles. The summed E-state index contributed by atoms with van der Waals surface area (Å²) in [6, 6.07) is 2.67. The highest BCUT2D eigenvalue weighted by Gasteiger charge is 2.17. The van der Waals surface area contributed by atoms with Gasteiger partial charge < -0.3 is 14.6 Å². The first-order valence-electron chi connectivity index (χ1n) is 9.39. The van der Waals surface area contributed by atoms with Crippen molar-refractivity contribution < 1.29 is 13.5 Å². The molecule has 1 aromatic carbocycles. The Morgan fingerprint density at radius 2 is 2.00 bits per heavy atom. The van der Waals surface area contributed by atoms with Crippen LogP contribution < -0.4 is 5.32 Å². The quantitative estimate of drug-likeness (QED) is 0.616. The number of morpholine rings is 1. The van der Waals surface area contributed by atoms with Crippen LogP contribution in [0.1, 0.15) is 11.1 Å². The van der Waals surface area contributed by atoms with E-state index in [1.807, 2.05) is 0 Å². The Kier molecular flexibility index (Phi) is 5.89. The molecule has 1 aliphatic rings. The smallest absolute Gasteiger partial charge is 0.226 e. The van der Waals surface area contributed by atoms with Gasteiger partial charge in [0.1, 0.15) is 11.6 Å². The van der Waals surface area contributed by atoms with Crippen molar-refractivity contribution in [2.75, 3.05) is 44.7 Å². The summed E-state index contributed by atoms with van der Waals surface area (Å²) in [5.41, 5.74) is 1.26. The van der Waals surface area contributed by atoms with Gasteiger partial charge in [0.25, 0.3) is 0 Å². The molecule has 3 aromatic rings. The van der Waals surface area contributed by atoms with E-state index in [0.29, 0.717) is 29.1 Å². The molecule has 1 fully saturated rings. The van der Waals surface area contributed by atoms with Crippen LogP contribution >= 0.6 is 11.6 Å². The molecule has 0 aliphatic carbocycles. The normalized spacial score (nSPS) is 15.2. The minimum Gasteiger partial charge on any atom is -0.379 e. The van der Waals surface area contributed by atoms with Crippen LogP contribution in [0, 0.1) is 18.6 Å². The number of anilines is 1. The molecule has 29 heavy (non-hydrogen) atoms. The Bertz CT molecular complexity index is 1020. The number of hydrogen-bond donors (Lipinski definition) is 1. The summed E-state index contributed by atoms with van der Waals surface area (Å²) in [6.07, 6.45) is 1.49. The van der Waals surface area contributed by atoms with E-state index in [0.717, 1.165) is 32.8 Å². The van der Waals surface area contributed by atoms with E-state index < -0.39 is 11.6 Å². The van der Waals surface area contributed by atoms with Gasteiger partial charge in [0.15, 0.2) is 17.0 Å². The Balaban J connectivity index is 1.56. The van der Waals surface area contributed by atoms with Gasteiger partial charge in [0, 0.05) is 31.7 Å². The van der Waals surface area contributed by atoms with Crippen molar-refractivity contribution in [2.24, 2.45) is 0 Å². The molecule has 0 radical (unpaired) electrons. The predicted octanol–water partition coefficient (Wildman–Crippen LogP) is 2.86. The highest BCUT2D eigenvalue weighted by atomic mass is 35.5. The number of nitrogens with one attached hydrogen (secondary N) is 1. The zero-order valence-electron chi connectivity index (χ0n) is 16.0. The number of halogens is 3. The molecule has 0 bridgehead atoms. The molecule has 3 heterocycles. The SMILES string of the molecule is Cc1ccc(F)c(Cn2cnc3c(NCCN4CCOCC4)nc(Cl)nc32)c1F. The molecule has 2 aromatic heterocycles. The number of ether oxygens (including phenoxy) is 1. The standard InChI is InChI=1S/C19H21ClF2N6O/c1-12-2-3-14(21)13(15(12)22)10-28-11-24-16-17(25-19(20)26-18(16)28)23-4-5-27-6-8-29-9-7-27/h2-3,11H,4-10H2,1H3,(H,23,25,26). The molecule has 0 atom stereocenters. The van der Waals surface area contributed by atoms with E-state index in [4.69, 9.17) is 16.3 Å². The first kappa shape index (κ1) is 19.9. The fourth-order valence-electron chi connectivity index (χ4n) is 3.34. The third-order valence-corrected chi connectivity index (χ3v) is 5.14. The molecular weight excluding hydrogens is 402 g/mol. The van der Waals surface area contributed by atoms with Gasteiger partial charge in [-0.15, -0.1) is 0 Å². The molecule has 0 amide bonds. The molecule has 0 spiro atoms. The van der Waals surface area contributed by atoms with Crippen molar-refractivity contribution in [3.63, 3.8) is 0 Å². The van der Waals surface area contributed by atoms with Crippen LogP contribution in [-0.4, -0.2) is 63.8 Å². The van der Waals surface area contributed by atoms with Crippen LogP contribution in [0.25, 0.3) is 11.2 Å². The molecule has 7 nitrogen and oxygen atoms in total. The van der Waals surface area contributed by atoms with Gasteiger partial charge in [-0.25, -0.2) is 13.8 Å². The van der Waals surface area contributed by atoms with Crippen molar-refractivity contribution in [1.29, 1.82) is 0 Å². The zero-order valence-corrected chi connectivity index (χ0v) is 16.7. The van der Waals surface area contributed by atoms with Gasteiger partial charge in [-0.3, -0.25) is 4.90 Å². The Labute approximate surface area is 171 Å². The topological polar surface area (TPSA) is 68.1 Å². The van der Waals surface area contributed by atoms with Gasteiger partial charge in [0.2, 0.25) is 5.28 Å². The van der Waals surface area contributed by atoms with Gasteiger partial charge in [-0.1, -0.05) is 6.07 Å². The van der Waals surface area contributed by atoms with Crippen molar-refractivity contribution in [3.8, 4) is 0 Å². The zero-order chi connectivity index (χ0) is 20.4. The van der Waals surface area contributed by atoms with Gasteiger partial charge >= 0.3 is 0 Å². The van der Waals surface area contributed by atoms with Gasteiger partial charge in [-0.05, 0) is 30.2 Å². The van der Waals surface area contributed by atoms with Crippen LogP contribution in [-0.2, 0) is 11.3 Å². The number of imidazole rings is 1. The summed E-state index contributed by atoms with van der Waals surface area (Å²) in [5.74, 6) is -0.688. The summed E-state index contributed by atoms with van der Waals surface area (Å²) >= 11 is 6.09. The highest BCUT2D eigenvalue weighted by molar-refractivity contribution is 6.28. The molecule has 1 saturated heterocycles. The van der Waals surface area contributed by atoms with E-state index in [9.17, 15) is 8.78 Å². The molecule has 10 heteroatoms. The molecular formula is C19H21ClF2N6O. The van der Waals surface area contributed by atoms with Gasteiger partial charge in [-0.2, -0.15) is 9.97 Å². The van der Waals surface area contributed by atoms with Crippen molar-refractivity contribution in [3.05, 3.63) is 46.5 Å². The third-order valence-electron chi connectivity index (χ3n) is 4.97. The number of aromatic nitrogens is 4. The maximum absolute atomic E-state index is 14.4. The van der Waals surface area contributed by atoms with E-state index in [2.05, 4.69) is 25.2 Å². The largest absolute Gasteiger partial charge is 0.379 e. The molecule has 0 unspecified atom stereocenters. The molecule has 1 N–H and O–H groups in total. The fraction of sp³-hybridized carbons (Fsp3) is 0.421. The van der Waals surface area contributed by atoms with Crippen molar-refractivity contribution in [1.82, 2.24) is 24.4 Å². The molecule has 4 rings (SSSR count). The van der Waals surface area contributed by atoms with Crippen molar-refractivity contribution >= 4 is 28.6 Å². The summed E-state index contributed by atoms with van der Waals surface area (Å²) in [6.45, 7) is 6.29. The van der Waals surface area contributed by atoms with Crippen LogP contribution in [0.2, 0.25) is 5.28 Å². The Morgan fingerprint density at radius 1 is 1.21 bits per heavy atom. The number of hydrogen-bond acceptors (Lipinski definition) is 6. The number of rotatable bonds is 6. The lowest BCUT2D eigenvalue weighted by atomic mass is 10.1. The number of aryl methyl sites for hydroxylation is 1. The van der Waals surface area contributed by atoms with Crippen LogP contribution in [0.4, 0.5) is 14.6 Å². The van der Waals surface area contributed by atoms with E-state index >= 15 is 0 Å². The Morgan fingerprint density at radius 3 is 2.79 bits per heavy atom. The van der Waals surface area contributed by atoms with Crippen LogP contribution in [0.15, 0.2) is 18.5 Å². The lowest BCUT2D eigenvalue weighted by Crippen LogP contribution is -2.39. The summed E-state index contributed by atoms with van der Waals surface area (Å²) in [4.78, 5) is 15.1. The first-order chi connectivity index (χ1) is 14.0. The minimum absolute atomic E-state index is 0.0401. The predicted molar refractivity (Wildman–Crippen MR) is 106 cm³/mol. The first-order valence-corrected chi connectivity index (χ1v) is 9.76. The number of fused-ring (bicyclic) bond motifs is 1. The molecule has 1 aliphatic heterocycles. The summed E-state index contributed by atoms with van der Waals surface area (Å²) in [5, 5.41) is 3.28. The number of benzene rings is 1. The van der Waals surface area contributed by atoms with E-state index in [1.54, 1.807) is 11.5 Å². The minimum atomic E-state index is -0.612. The summed E-state index contributed by atoms with van der Waals surface area (Å²) in [7, 11) is 0. The maximum Gasteiger partial charge on any atom is 0.226 e. The summed E-state index contributed by atoms with van der Waals surface area (Å²) < 4.78 is 35.5. The highest BCUT2D eigenvalue weighted by Crippen LogP contribution is 2.23. The van der Waals surface area contributed by atoms with Crippen LogP contribution in [0.5, 0.6) is 0 Å². The monoisotopic (exact) mass is 422 g/mol. The molecule has 154 valence electrons. The second-order valence-corrected chi connectivity index (χ2v) is 7.26. The van der Waals surface area contributed by atoms with Crippen molar-refractivity contribution in [2.45, 2.75) is 13.5 Å². The third kappa shape index (κ3) is 4.31.